The molecule has 0 bridgehead atoms. The van der Waals surface area contributed by atoms with Crippen LogP contribution < -0.4 is 10.6 Å². The SMILES string of the molecule is CCCCCCCCCCC/C=C/C(O)C(COC1OC(CO)C(OC2OC(CO)C(O)C(OC3(C(=O)O)CC(O)C(NC(C)=O)C(C(O)C(O)CO)O3)C2O)C(O)C1O)NC(=O)CCCCCCCCCCCC. The Hall–Kier alpha value is -2.53. The number of carboxylic acids is 1. The van der Waals surface area contributed by atoms with E-state index in [0.29, 0.717) is 12.8 Å². The third-order valence-corrected chi connectivity index (χ3v) is 14.2. The van der Waals surface area contributed by atoms with Crippen LogP contribution in [0.15, 0.2) is 12.2 Å². The van der Waals surface area contributed by atoms with E-state index in [9.17, 15) is 75.7 Å². The van der Waals surface area contributed by atoms with Crippen LogP contribution in [-0.2, 0) is 42.8 Å². The lowest BCUT2D eigenvalue weighted by Gasteiger charge is -2.50. The van der Waals surface area contributed by atoms with Crippen molar-refractivity contribution >= 4 is 17.8 Å². The minimum absolute atomic E-state index is 0.202. The van der Waals surface area contributed by atoms with Crippen molar-refractivity contribution in [3.8, 4) is 0 Å². The second kappa shape index (κ2) is 35.9. The first-order chi connectivity index (χ1) is 35.9. The van der Waals surface area contributed by atoms with E-state index in [2.05, 4.69) is 24.5 Å². The van der Waals surface area contributed by atoms with Crippen molar-refractivity contribution in [1.82, 2.24) is 10.6 Å². The molecule has 0 saturated carbocycles. The summed E-state index contributed by atoms with van der Waals surface area (Å²) in [7, 11) is 0. The number of hydrogen-bond donors (Lipinski definition) is 14. The quantitative estimate of drug-likeness (QED) is 0.0295. The lowest BCUT2D eigenvalue weighted by Crippen LogP contribution is -2.70. The minimum Gasteiger partial charge on any atom is -0.477 e. The number of carbonyl (C=O) groups is 3. The van der Waals surface area contributed by atoms with Gasteiger partial charge < -0.3 is 100 Å². The molecule has 23 nitrogen and oxygen atoms in total. The molecule has 0 aromatic carbocycles. The fourth-order valence-corrected chi connectivity index (χ4v) is 9.71. The average molecular weight is 1080 g/mol. The van der Waals surface area contributed by atoms with Gasteiger partial charge in [0.05, 0.1) is 50.7 Å². The van der Waals surface area contributed by atoms with Crippen molar-refractivity contribution < 1.29 is 104 Å². The van der Waals surface area contributed by atoms with Crippen molar-refractivity contribution in [1.29, 1.82) is 0 Å². The molecule has 18 atom stereocenters. The van der Waals surface area contributed by atoms with Crippen LogP contribution >= 0.6 is 0 Å². The van der Waals surface area contributed by atoms with Gasteiger partial charge in [0.2, 0.25) is 11.8 Å². The fourth-order valence-electron chi connectivity index (χ4n) is 9.71. The number of nitrogens with one attached hydrogen (secondary N) is 2. The molecular formula is C52H94N2O21. The van der Waals surface area contributed by atoms with Crippen molar-refractivity contribution in [2.24, 2.45) is 0 Å². The Labute approximate surface area is 441 Å². The van der Waals surface area contributed by atoms with Crippen LogP contribution in [0, 0.1) is 0 Å². The molecule has 14 N–H and O–H groups in total. The van der Waals surface area contributed by atoms with Crippen LogP contribution in [0.3, 0.4) is 0 Å². The van der Waals surface area contributed by atoms with Crippen LogP contribution in [0.5, 0.6) is 0 Å². The number of carboxylic acid groups (broad SMARTS) is 1. The zero-order valence-electron chi connectivity index (χ0n) is 44.4. The molecule has 438 valence electrons. The summed E-state index contributed by atoms with van der Waals surface area (Å²) in [6, 6.07) is -2.61. The number of aliphatic hydroxyl groups excluding tert-OH is 11. The zero-order chi connectivity index (χ0) is 55.5. The maximum Gasteiger partial charge on any atom is 0.364 e. The summed E-state index contributed by atoms with van der Waals surface area (Å²) < 4.78 is 34.5. The lowest BCUT2D eigenvalue weighted by molar-refractivity contribution is -0.386. The molecule has 0 radical (unpaired) electrons. The number of hydrogen-bond acceptors (Lipinski definition) is 20. The van der Waals surface area contributed by atoms with Gasteiger partial charge in [0.25, 0.3) is 5.79 Å². The molecule has 0 aliphatic carbocycles. The van der Waals surface area contributed by atoms with Crippen LogP contribution in [0.4, 0.5) is 0 Å². The molecular weight excluding hydrogens is 989 g/mol. The molecule has 18 unspecified atom stereocenters. The van der Waals surface area contributed by atoms with E-state index in [4.69, 9.17) is 28.4 Å². The average Bonchev–Trinajstić information content (AvgIpc) is 3.38. The third kappa shape index (κ3) is 21.6. The number of ether oxygens (including phenoxy) is 6. The van der Waals surface area contributed by atoms with E-state index in [-0.39, 0.29) is 12.3 Å². The van der Waals surface area contributed by atoms with Gasteiger partial charge in [-0.15, -0.1) is 0 Å². The van der Waals surface area contributed by atoms with E-state index < -0.39 is 155 Å². The number of unbranched alkanes of at least 4 members (excludes halogenated alkanes) is 18. The first-order valence-electron chi connectivity index (χ1n) is 27.6. The number of allylic oxidation sites excluding steroid dienone is 1. The lowest BCUT2D eigenvalue weighted by atomic mass is 9.88. The highest BCUT2D eigenvalue weighted by Gasteiger charge is 2.60. The Kier molecular flexibility index (Phi) is 31.9. The van der Waals surface area contributed by atoms with Crippen molar-refractivity contribution in [2.75, 3.05) is 26.4 Å². The van der Waals surface area contributed by atoms with E-state index >= 15 is 0 Å². The zero-order valence-corrected chi connectivity index (χ0v) is 44.4. The summed E-state index contributed by atoms with van der Waals surface area (Å²) in [5.74, 6) is -6.15. The van der Waals surface area contributed by atoms with Crippen LogP contribution in [0.1, 0.15) is 162 Å². The third-order valence-electron chi connectivity index (χ3n) is 14.2. The first-order valence-corrected chi connectivity index (χ1v) is 27.6. The summed E-state index contributed by atoms with van der Waals surface area (Å²) in [6.45, 7) is 2.03. The Morgan fingerprint density at radius 2 is 1.24 bits per heavy atom. The molecule has 0 spiro atoms. The summed E-state index contributed by atoms with van der Waals surface area (Å²) in [6.07, 6.45) is -3.92. The van der Waals surface area contributed by atoms with Gasteiger partial charge in [0.1, 0.15) is 67.1 Å². The standard InChI is InChI=1S/C52H94N2O21/c1-4-6-8-10-12-14-16-17-19-21-23-25-34(59)33(54-39(62)26-24-22-20-18-15-13-11-9-7-5-2)31-70-49-44(66)43(65)46(38(30-57)72-49)73-50-45(67)48(42(64)37(29-56)71-50)75-52(51(68)69)27-35(60)40(53-32(3)58)47(74-52)41(63)36(61)28-55/h23,25,33-38,40-50,55-57,59-61,63-67H,4-22,24,26-31H2,1-3H3,(H,53,58)(H,54,62)(H,68,69)/b25-23+. The number of amides is 2. The van der Waals surface area contributed by atoms with E-state index in [1.807, 2.05) is 6.08 Å². The Bertz CT molecular complexity index is 1620. The highest BCUT2D eigenvalue weighted by Crippen LogP contribution is 2.38. The van der Waals surface area contributed by atoms with Gasteiger partial charge in [-0.2, -0.15) is 0 Å². The van der Waals surface area contributed by atoms with Gasteiger partial charge in [-0.25, -0.2) is 4.79 Å². The maximum absolute atomic E-state index is 13.2. The van der Waals surface area contributed by atoms with Crippen LogP contribution in [0.2, 0.25) is 0 Å². The highest BCUT2D eigenvalue weighted by molar-refractivity contribution is 5.77. The predicted octanol–water partition coefficient (Wildman–Crippen LogP) is 0.435. The Morgan fingerprint density at radius 3 is 1.77 bits per heavy atom. The molecule has 2 amide bonds. The number of carbonyl (C=O) groups excluding carboxylic acids is 2. The first kappa shape index (κ1) is 66.7. The van der Waals surface area contributed by atoms with Crippen molar-refractivity contribution in [3.63, 3.8) is 0 Å². The predicted molar refractivity (Wildman–Crippen MR) is 269 cm³/mol. The van der Waals surface area contributed by atoms with Crippen molar-refractivity contribution in [3.05, 3.63) is 12.2 Å². The normalized spacial score (nSPS) is 31.9. The van der Waals surface area contributed by atoms with Crippen molar-refractivity contribution in [2.45, 2.75) is 272 Å². The molecule has 3 heterocycles. The smallest absolute Gasteiger partial charge is 0.364 e. The maximum atomic E-state index is 13.2. The van der Waals surface area contributed by atoms with Gasteiger partial charge in [-0.3, -0.25) is 9.59 Å². The van der Waals surface area contributed by atoms with E-state index in [1.54, 1.807) is 6.08 Å². The molecule has 3 fully saturated rings. The molecule has 0 aromatic heterocycles. The molecule has 3 saturated heterocycles. The molecule has 75 heavy (non-hydrogen) atoms. The monoisotopic (exact) mass is 1080 g/mol. The Balaban J connectivity index is 1.73. The molecule has 3 aliphatic rings. The van der Waals surface area contributed by atoms with Crippen LogP contribution in [-0.4, -0.2) is 215 Å². The van der Waals surface area contributed by atoms with Gasteiger partial charge in [0, 0.05) is 19.8 Å². The summed E-state index contributed by atoms with van der Waals surface area (Å²) >= 11 is 0. The number of aliphatic carboxylic acids is 1. The second-order valence-electron chi connectivity index (χ2n) is 20.5. The Morgan fingerprint density at radius 1 is 0.693 bits per heavy atom. The van der Waals surface area contributed by atoms with Gasteiger partial charge in [-0.1, -0.05) is 135 Å². The summed E-state index contributed by atoms with van der Waals surface area (Å²) in [4.78, 5) is 38.2. The molecule has 23 heteroatoms. The summed E-state index contributed by atoms with van der Waals surface area (Å²) in [5.41, 5.74) is 0. The highest BCUT2D eigenvalue weighted by atomic mass is 16.8. The second-order valence-corrected chi connectivity index (χ2v) is 20.5. The molecule has 0 aromatic rings. The van der Waals surface area contributed by atoms with E-state index in [0.717, 1.165) is 51.9 Å². The van der Waals surface area contributed by atoms with E-state index in [1.165, 1.54) is 70.6 Å². The fraction of sp³-hybridized carbons (Fsp3) is 0.904. The van der Waals surface area contributed by atoms with Gasteiger partial charge in [0.15, 0.2) is 12.6 Å². The van der Waals surface area contributed by atoms with Gasteiger partial charge >= 0.3 is 5.97 Å². The van der Waals surface area contributed by atoms with Crippen LogP contribution in [0.25, 0.3) is 0 Å². The topological polar surface area (TPSA) is 373 Å². The van der Waals surface area contributed by atoms with Gasteiger partial charge in [-0.05, 0) is 19.3 Å². The largest absolute Gasteiger partial charge is 0.477 e. The summed E-state index contributed by atoms with van der Waals surface area (Å²) in [5, 5.41) is 135. The minimum atomic E-state index is -3.08. The molecule has 3 aliphatic heterocycles. The molecule has 3 rings (SSSR count). The number of rotatable bonds is 38. The number of aliphatic hydroxyl groups is 11.